The first-order chi connectivity index (χ1) is 9.02. The Labute approximate surface area is 124 Å². The zero-order valence-corrected chi connectivity index (χ0v) is 12.3. The predicted molar refractivity (Wildman–Crippen MR) is 76.2 cm³/mol. The van der Waals surface area contributed by atoms with Gasteiger partial charge in [-0.25, -0.2) is 8.78 Å². The summed E-state index contributed by atoms with van der Waals surface area (Å²) in [5, 5.41) is 2.90. The molecule has 0 fully saturated rings. The molecule has 0 bridgehead atoms. The van der Waals surface area contributed by atoms with E-state index in [4.69, 9.17) is 23.2 Å². The van der Waals surface area contributed by atoms with Gasteiger partial charge < -0.3 is 5.32 Å². The van der Waals surface area contributed by atoms with Crippen LogP contribution < -0.4 is 5.32 Å². The fourth-order valence-corrected chi connectivity index (χ4v) is 3.12. The fraction of sp³-hybridized carbons (Fsp3) is 0.231. The second-order valence-electron chi connectivity index (χ2n) is 3.92. The number of nitrogens with one attached hydrogen (secondary N) is 1. The van der Waals surface area contributed by atoms with Gasteiger partial charge in [0.05, 0.1) is 15.4 Å². The molecular formula is C13H11Cl2F2NS. The third-order valence-corrected chi connectivity index (χ3v) is 4.22. The van der Waals surface area contributed by atoms with Gasteiger partial charge in [-0.3, -0.25) is 0 Å². The van der Waals surface area contributed by atoms with Crippen LogP contribution in [-0.2, 0) is 0 Å². The maximum Gasteiger partial charge on any atom is 0.142 e. The molecule has 6 heteroatoms. The number of benzene rings is 1. The van der Waals surface area contributed by atoms with Crippen LogP contribution in [0.3, 0.4) is 0 Å². The summed E-state index contributed by atoms with van der Waals surface area (Å²) in [6.45, 7) is 2.51. The van der Waals surface area contributed by atoms with E-state index in [9.17, 15) is 8.78 Å². The molecule has 2 aromatic rings. The van der Waals surface area contributed by atoms with Crippen molar-refractivity contribution in [2.75, 3.05) is 6.54 Å². The van der Waals surface area contributed by atoms with Crippen molar-refractivity contribution in [3.05, 3.63) is 55.7 Å². The zero-order chi connectivity index (χ0) is 14.0. The van der Waals surface area contributed by atoms with Gasteiger partial charge in [-0.05, 0) is 30.8 Å². The van der Waals surface area contributed by atoms with Gasteiger partial charge in [-0.2, -0.15) is 0 Å². The molecule has 0 saturated heterocycles. The van der Waals surface area contributed by atoms with Crippen LogP contribution in [0, 0.1) is 11.6 Å². The molecule has 1 aromatic carbocycles. The summed E-state index contributed by atoms with van der Waals surface area (Å²) in [5.74, 6) is -1.18. The van der Waals surface area contributed by atoms with E-state index in [0.717, 1.165) is 17.0 Å². The van der Waals surface area contributed by atoms with Gasteiger partial charge in [0, 0.05) is 10.4 Å². The molecule has 2 rings (SSSR count). The minimum absolute atomic E-state index is 0.222. The van der Waals surface area contributed by atoms with Crippen molar-refractivity contribution in [1.29, 1.82) is 0 Å². The SMILES string of the molecule is CCNC(c1ccc(Cl)s1)c1cc(F)c(Cl)cc1F. The molecule has 1 heterocycles. The summed E-state index contributed by atoms with van der Waals surface area (Å²) in [4.78, 5) is 0.826. The van der Waals surface area contributed by atoms with Crippen molar-refractivity contribution in [3.8, 4) is 0 Å². The number of hydrogen-bond donors (Lipinski definition) is 1. The highest BCUT2D eigenvalue weighted by Gasteiger charge is 2.20. The van der Waals surface area contributed by atoms with Crippen molar-refractivity contribution >= 4 is 34.5 Å². The first kappa shape index (κ1) is 14.7. The van der Waals surface area contributed by atoms with Crippen LogP contribution in [0.2, 0.25) is 9.36 Å². The summed E-state index contributed by atoms with van der Waals surface area (Å²) in [6.07, 6.45) is 0. The van der Waals surface area contributed by atoms with Crippen LogP contribution in [0.15, 0.2) is 24.3 Å². The number of hydrogen-bond acceptors (Lipinski definition) is 2. The predicted octanol–water partition coefficient (Wildman–Crippen LogP) is 5.03. The number of thiophene rings is 1. The van der Waals surface area contributed by atoms with Gasteiger partial charge in [0.1, 0.15) is 11.6 Å². The lowest BCUT2D eigenvalue weighted by molar-refractivity contribution is 0.548. The Morgan fingerprint density at radius 3 is 2.53 bits per heavy atom. The van der Waals surface area contributed by atoms with E-state index in [0.29, 0.717) is 10.9 Å². The Bertz CT molecular complexity index is 586. The normalized spacial score (nSPS) is 12.7. The van der Waals surface area contributed by atoms with E-state index in [-0.39, 0.29) is 10.6 Å². The van der Waals surface area contributed by atoms with Gasteiger partial charge in [-0.15, -0.1) is 11.3 Å². The topological polar surface area (TPSA) is 12.0 Å². The van der Waals surface area contributed by atoms with Gasteiger partial charge >= 0.3 is 0 Å². The third kappa shape index (κ3) is 3.26. The Hall–Kier alpha value is -0.680. The lowest BCUT2D eigenvalue weighted by Gasteiger charge is -2.18. The first-order valence-corrected chi connectivity index (χ1v) is 7.23. The summed E-state index contributed by atoms with van der Waals surface area (Å²) >= 11 is 12.8. The Kier molecular flexibility index (Phi) is 4.79. The first-order valence-electron chi connectivity index (χ1n) is 5.66. The van der Waals surface area contributed by atoms with E-state index in [1.54, 1.807) is 12.1 Å². The van der Waals surface area contributed by atoms with Crippen LogP contribution >= 0.6 is 34.5 Å². The lowest BCUT2D eigenvalue weighted by atomic mass is 10.0. The molecule has 0 aliphatic heterocycles. The molecule has 1 unspecified atom stereocenters. The average Bonchev–Trinajstić information content (AvgIpc) is 2.78. The van der Waals surface area contributed by atoms with Gasteiger partial charge in [0.2, 0.25) is 0 Å². The third-order valence-electron chi connectivity index (χ3n) is 2.64. The molecule has 0 aliphatic rings. The maximum absolute atomic E-state index is 14.0. The van der Waals surface area contributed by atoms with Crippen molar-refractivity contribution in [3.63, 3.8) is 0 Å². The van der Waals surface area contributed by atoms with Crippen molar-refractivity contribution in [1.82, 2.24) is 5.32 Å². The van der Waals surface area contributed by atoms with Crippen LogP contribution in [0.1, 0.15) is 23.4 Å². The summed E-state index contributed by atoms with van der Waals surface area (Å²) < 4.78 is 28.1. The molecule has 1 nitrogen and oxygen atoms in total. The van der Waals surface area contributed by atoms with Crippen LogP contribution in [0.5, 0.6) is 0 Å². The standard InChI is InChI=1S/C13H11Cl2F2NS/c1-2-18-13(11-3-4-12(15)19-11)7-5-10(17)8(14)6-9(7)16/h3-6,13,18H,2H2,1H3. The van der Waals surface area contributed by atoms with Crippen molar-refractivity contribution in [2.24, 2.45) is 0 Å². The quantitative estimate of drug-likeness (QED) is 0.778. The molecule has 0 aliphatic carbocycles. The Morgan fingerprint density at radius 2 is 1.95 bits per heavy atom. The van der Waals surface area contributed by atoms with E-state index in [1.165, 1.54) is 11.3 Å². The molecule has 0 saturated carbocycles. The second-order valence-corrected chi connectivity index (χ2v) is 6.07. The van der Waals surface area contributed by atoms with E-state index in [1.807, 2.05) is 6.92 Å². The molecule has 0 spiro atoms. The fourth-order valence-electron chi connectivity index (χ4n) is 1.81. The van der Waals surface area contributed by atoms with Crippen molar-refractivity contribution in [2.45, 2.75) is 13.0 Å². The van der Waals surface area contributed by atoms with Crippen molar-refractivity contribution < 1.29 is 8.78 Å². The zero-order valence-electron chi connectivity index (χ0n) is 10.0. The van der Waals surface area contributed by atoms with Crippen LogP contribution in [0.4, 0.5) is 8.78 Å². The molecule has 1 N–H and O–H groups in total. The molecule has 1 aromatic heterocycles. The van der Waals surface area contributed by atoms with Gasteiger partial charge in [0.25, 0.3) is 0 Å². The highest BCUT2D eigenvalue weighted by atomic mass is 35.5. The molecule has 0 radical (unpaired) electrons. The summed E-state index contributed by atoms with van der Waals surface area (Å²) in [7, 11) is 0. The van der Waals surface area contributed by atoms with E-state index in [2.05, 4.69) is 5.32 Å². The molecule has 102 valence electrons. The van der Waals surface area contributed by atoms with Gasteiger partial charge in [-0.1, -0.05) is 30.1 Å². The molecule has 19 heavy (non-hydrogen) atoms. The largest absolute Gasteiger partial charge is 0.306 e. The summed E-state index contributed by atoms with van der Waals surface area (Å²) in [5.41, 5.74) is 0.224. The summed E-state index contributed by atoms with van der Waals surface area (Å²) in [6, 6.07) is 5.21. The van der Waals surface area contributed by atoms with E-state index < -0.39 is 17.7 Å². The highest BCUT2D eigenvalue weighted by Crippen LogP contribution is 2.33. The highest BCUT2D eigenvalue weighted by molar-refractivity contribution is 7.16. The lowest BCUT2D eigenvalue weighted by Crippen LogP contribution is -2.22. The number of halogens is 4. The van der Waals surface area contributed by atoms with Gasteiger partial charge in [0.15, 0.2) is 0 Å². The molecule has 1 atom stereocenters. The maximum atomic E-state index is 14.0. The monoisotopic (exact) mass is 321 g/mol. The van der Waals surface area contributed by atoms with Crippen LogP contribution in [-0.4, -0.2) is 6.54 Å². The average molecular weight is 322 g/mol. The minimum atomic E-state index is -0.636. The molecule has 0 amide bonds. The minimum Gasteiger partial charge on any atom is -0.306 e. The smallest absolute Gasteiger partial charge is 0.142 e. The second kappa shape index (κ2) is 6.18. The van der Waals surface area contributed by atoms with E-state index >= 15 is 0 Å². The van der Waals surface area contributed by atoms with Crippen LogP contribution in [0.25, 0.3) is 0 Å². The Morgan fingerprint density at radius 1 is 1.21 bits per heavy atom. The molecular weight excluding hydrogens is 311 g/mol. The number of rotatable bonds is 4. The Balaban J connectivity index is 2.47.